The van der Waals surface area contributed by atoms with Crippen LogP contribution in [0.4, 0.5) is 0 Å². The predicted octanol–water partition coefficient (Wildman–Crippen LogP) is 1.66. The molecule has 0 atom stereocenters. The summed E-state index contributed by atoms with van der Waals surface area (Å²) in [5.41, 5.74) is 0. The Labute approximate surface area is 60.9 Å². The van der Waals surface area contributed by atoms with Gasteiger partial charge in [-0.15, -0.1) is 0 Å². The lowest BCUT2D eigenvalue weighted by Crippen LogP contribution is -2.39. The highest BCUT2D eigenvalue weighted by molar-refractivity contribution is 4.69. The summed E-state index contributed by atoms with van der Waals surface area (Å²) in [6.07, 6.45) is 3.87. The van der Waals surface area contributed by atoms with E-state index in [2.05, 4.69) is 27.3 Å². The summed E-state index contributed by atoms with van der Waals surface area (Å²) in [4.78, 5) is 0. The van der Waals surface area contributed by atoms with E-state index in [1.807, 2.05) is 12.2 Å². The van der Waals surface area contributed by atoms with E-state index < -0.39 is 0 Å². The SMILES string of the molecule is C=CC[N+](C)(C)CC=C.[H+].[H+]. The van der Waals surface area contributed by atoms with Crippen molar-refractivity contribution < 1.29 is 7.34 Å². The van der Waals surface area contributed by atoms with E-state index in [4.69, 9.17) is 0 Å². The maximum absolute atomic E-state index is 3.68. The largest absolute Gasteiger partial charge is 1.00 e. The van der Waals surface area contributed by atoms with E-state index in [1.54, 1.807) is 0 Å². The fourth-order valence-corrected chi connectivity index (χ4v) is 0.774. The molecule has 52 valence electrons. The molecule has 0 radical (unpaired) electrons. The molecule has 0 unspecified atom stereocenters. The Morgan fingerprint density at radius 1 is 1.22 bits per heavy atom. The van der Waals surface area contributed by atoms with E-state index >= 15 is 0 Å². The number of quaternary nitrogens is 1. The van der Waals surface area contributed by atoms with Gasteiger partial charge in [0.25, 0.3) is 0 Å². The van der Waals surface area contributed by atoms with Gasteiger partial charge in [0.2, 0.25) is 0 Å². The van der Waals surface area contributed by atoms with Crippen LogP contribution in [0, 0.1) is 0 Å². The van der Waals surface area contributed by atoms with Gasteiger partial charge in [0, 0.05) is 0 Å². The quantitative estimate of drug-likeness (QED) is 0.399. The Bertz CT molecular complexity index is 98.7. The first-order valence-electron chi connectivity index (χ1n) is 3.16. The number of nitrogens with zero attached hydrogens (tertiary/aromatic N) is 1. The zero-order valence-electron chi connectivity index (χ0n) is 8.43. The van der Waals surface area contributed by atoms with Gasteiger partial charge in [-0.3, -0.25) is 0 Å². The van der Waals surface area contributed by atoms with Gasteiger partial charge in [0.15, 0.2) is 0 Å². The lowest BCUT2D eigenvalue weighted by atomic mass is 10.4. The molecule has 0 rings (SSSR count). The lowest BCUT2D eigenvalue weighted by Gasteiger charge is -2.26. The average molecular weight is 128 g/mol. The van der Waals surface area contributed by atoms with Crippen LogP contribution in [0.5, 0.6) is 0 Å². The molecule has 0 saturated carbocycles. The fraction of sp³-hybridized carbons (Fsp3) is 0.500. The summed E-state index contributed by atoms with van der Waals surface area (Å²) in [5, 5.41) is 0. The first kappa shape index (κ1) is 8.44. The maximum Gasteiger partial charge on any atom is 1.00 e. The molecule has 0 aliphatic heterocycles. The minimum atomic E-state index is 0. The molecule has 0 spiro atoms. The molecule has 0 heterocycles. The molecule has 9 heavy (non-hydrogen) atoms. The zero-order chi connectivity index (χ0) is 7.33. The van der Waals surface area contributed by atoms with Gasteiger partial charge in [-0.2, -0.15) is 0 Å². The summed E-state index contributed by atoms with van der Waals surface area (Å²) < 4.78 is 0.951. The molecule has 1 nitrogen and oxygen atoms in total. The van der Waals surface area contributed by atoms with E-state index in [1.165, 1.54) is 0 Å². The Balaban J connectivity index is -0.000000320. The minimum absolute atomic E-state index is 0. The molecule has 0 aliphatic carbocycles. The number of hydrogen-bond acceptors (Lipinski definition) is 0. The molecular weight excluding hydrogens is 110 g/mol. The van der Waals surface area contributed by atoms with Crippen molar-refractivity contribution in [2.75, 3.05) is 27.2 Å². The third kappa shape index (κ3) is 3.98. The standard InChI is InChI=1S/C8H16N/c1-5-7-9(3,4)8-6-2/h5-6H,1-2,7-8H2,3-4H3/q+1/p+2. The van der Waals surface area contributed by atoms with Crippen LogP contribution in [-0.4, -0.2) is 31.7 Å². The molecule has 0 bridgehead atoms. The number of hydrogen-bond donors (Lipinski definition) is 0. The van der Waals surface area contributed by atoms with Crippen LogP contribution < -0.4 is 0 Å². The number of likely N-dealkylation sites (N-methyl/N-ethyl adjacent to an activating group) is 1. The van der Waals surface area contributed by atoms with E-state index in [0.29, 0.717) is 0 Å². The van der Waals surface area contributed by atoms with Crippen LogP contribution in [0.25, 0.3) is 0 Å². The molecular formula is C8H18N+3. The second kappa shape index (κ2) is 3.46. The molecule has 0 saturated heterocycles. The van der Waals surface area contributed by atoms with Crippen molar-refractivity contribution in [3.63, 3.8) is 0 Å². The smallest absolute Gasteiger partial charge is 0.322 e. The number of rotatable bonds is 4. The first-order valence-corrected chi connectivity index (χ1v) is 3.16. The molecule has 0 N–H and O–H groups in total. The van der Waals surface area contributed by atoms with Crippen molar-refractivity contribution in [2.45, 2.75) is 0 Å². The summed E-state index contributed by atoms with van der Waals surface area (Å²) in [6, 6.07) is 0. The predicted molar refractivity (Wildman–Crippen MR) is 44.5 cm³/mol. The molecule has 0 amide bonds. The third-order valence-corrected chi connectivity index (χ3v) is 1.25. The van der Waals surface area contributed by atoms with Crippen LogP contribution in [0.1, 0.15) is 2.85 Å². The molecule has 0 aromatic rings. The Morgan fingerprint density at radius 2 is 1.56 bits per heavy atom. The Hall–Kier alpha value is -0.560. The minimum Gasteiger partial charge on any atom is -0.322 e. The summed E-state index contributed by atoms with van der Waals surface area (Å²) in [5.74, 6) is 0. The normalized spacial score (nSPS) is 10.9. The molecule has 0 aromatic heterocycles. The van der Waals surface area contributed by atoms with Crippen molar-refractivity contribution in [3.8, 4) is 0 Å². The van der Waals surface area contributed by atoms with Crippen LogP contribution >= 0.6 is 0 Å². The van der Waals surface area contributed by atoms with E-state index in [-0.39, 0.29) is 2.85 Å². The molecule has 0 fully saturated rings. The maximum atomic E-state index is 3.68. The van der Waals surface area contributed by atoms with Gasteiger partial charge in [0.05, 0.1) is 27.2 Å². The van der Waals surface area contributed by atoms with Gasteiger partial charge in [-0.1, -0.05) is 13.2 Å². The van der Waals surface area contributed by atoms with E-state index in [0.717, 1.165) is 17.6 Å². The highest BCUT2D eigenvalue weighted by atomic mass is 15.3. The Morgan fingerprint density at radius 3 is 1.78 bits per heavy atom. The van der Waals surface area contributed by atoms with Gasteiger partial charge < -0.3 is 4.48 Å². The third-order valence-electron chi connectivity index (χ3n) is 1.25. The molecule has 0 aliphatic rings. The van der Waals surface area contributed by atoms with Crippen LogP contribution in [0.2, 0.25) is 0 Å². The van der Waals surface area contributed by atoms with Crippen molar-refractivity contribution in [1.29, 1.82) is 0 Å². The summed E-state index contributed by atoms with van der Waals surface area (Å²) in [7, 11) is 4.31. The van der Waals surface area contributed by atoms with Crippen molar-refractivity contribution in [3.05, 3.63) is 25.3 Å². The molecule has 1 heteroatoms. The van der Waals surface area contributed by atoms with Gasteiger partial charge >= 0.3 is 2.85 Å². The van der Waals surface area contributed by atoms with Gasteiger partial charge in [0.1, 0.15) is 0 Å². The topological polar surface area (TPSA) is 0 Å². The van der Waals surface area contributed by atoms with Crippen LogP contribution in [-0.2, 0) is 0 Å². The second-order valence-corrected chi connectivity index (χ2v) is 2.88. The summed E-state index contributed by atoms with van der Waals surface area (Å²) >= 11 is 0. The van der Waals surface area contributed by atoms with Crippen molar-refractivity contribution in [1.82, 2.24) is 0 Å². The average Bonchev–Trinajstić information content (AvgIpc) is 1.64. The van der Waals surface area contributed by atoms with E-state index in [9.17, 15) is 0 Å². The van der Waals surface area contributed by atoms with Crippen LogP contribution in [0.15, 0.2) is 25.3 Å². The van der Waals surface area contributed by atoms with Crippen molar-refractivity contribution >= 4 is 0 Å². The highest BCUT2D eigenvalue weighted by Crippen LogP contribution is 1.95. The van der Waals surface area contributed by atoms with Crippen LogP contribution in [0.3, 0.4) is 0 Å². The molecule has 0 aromatic carbocycles. The highest BCUT2D eigenvalue weighted by Gasteiger charge is 2.07. The fourth-order valence-electron chi connectivity index (χ4n) is 0.774. The Kier molecular flexibility index (Phi) is 3.25. The lowest BCUT2D eigenvalue weighted by molar-refractivity contribution is -0.878. The van der Waals surface area contributed by atoms with Crippen molar-refractivity contribution in [2.24, 2.45) is 0 Å². The first-order chi connectivity index (χ1) is 4.12. The zero-order valence-corrected chi connectivity index (χ0v) is 6.43. The second-order valence-electron chi connectivity index (χ2n) is 2.88. The van der Waals surface area contributed by atoms with Gasteiger partial charge in [-0.05, 0) is 12.2 Å². The summed E-state index contributed by atoms with van der Waals surface area (Å²) in [6.45, 7) is 9.37. The van der Waals surface area contributed by atoms with Gasteiger partial charge in [-0.25, -0.2) is 0 Å². The monoisotopic (exact) mass is 128 g/mol.